The van der Waals surface area contributed by atoms with Crippen molar-refractivity contribution in [1.82, 2.24) is 0 Å². The molecule has 2 aromatic carbocycles. The second kappa shape index (κ2) is 4.28. The monoisotopic (exact) mass is 280 g/mol. The fourth-order valence-electron chi connectivity index (χ4n) is 2.51. The van der Waals surface area contributed by atoms with Gasteiger partial charge in [-0.1, -0.05) is 12.1 Å². The lowest BCUT2D eigenvalue weighted by Gasteiger charge is -2.15. The van der Waals surface area contributed by atoms with Crippen LogP contribution in [0.5, 0.6) is 5.75 Å². The molecule has 0 radical (unpaired) electrons. The minimum Gasteiger partial charge on any atom is -0.471 e. The predicted molar refractivity (Wildman–Crippen MR) is 81.0 cm³/mol. The number of nitrogens with two attached hydrogens (primary N) is 1. The average Bonchev–Trinajstić information content (AvgIpc) is 2.90. The molecule has 0 spiro atoms. The Labute approximate surface area is 120 Å². The van der Waals surface area contributed by atoms with Crippen LogP contribution in [0.2, 0.25) is 0 Å². The molecule has 1 aromatic heterocycles. The molecule has 5 heteroatoms. The molecule has 0 fully saturated rings. The van der Waals surface area contributed by atoms with Crippen molar-refractivity contribution in [2.45, 2.75) is 0 Å². The number of rotatable bonds is 1. The summed E-state index contributed by atoms with van der Waals surface area (Å²) in [7, 11) is 0. The molecule has 2 N–H and O–H groups in total. The van der Waals surface area contributed by atoms with Gasteiger partial charge in [-0.25, -0.2) is 4.79 Å². The second-order valence-electron chi connectivity index (χ2n) is 4.89. The predicted octanol–water partition coefficient (Wildman–Crippen LogP) is 2.86. The standard InChI is InChI=1S/C16H12N2O3/c17-11-6-5-10-7-13(16(19)21-15(10)8-11)18-9-20-14-4-2-1-3-12(14)18/h1-8H,9,17H2. The Kier molecular flexibility index (Phi) is 2.41. The van der Waals surface area contributed by atoms with Gasteiger partial charge in [0.2, 0.25) is 0 Å². The summed E-state index contributed by atoms with van der Waals surface area (Å²) in [5, 5.41) is 0.822. The Morgan fingerprint density at radius 3 is 2.81 bits per heavy atom. The van der Waals surface area contributed by atoms with E-state index in [-0.39, 0.29) is 0 Å². The Bertz CT molecular complexity index is 901. The average molecular weight is 280 g/mol. The Morgan fingerprint density at radius 1 is 1.05 bits per heavy atom. The summed E-state index contributed by atoms with van der Waals surface area (Å²) in [6, 6.07) is 14.6. The molecule has 1 aliphatic heterocycles. The highest BCUT2D eigenvalue weighted by atomic mass is 16.5. The molecule has 1 aliphatic rings. The molecule has 104 valence electrons. The van der Waals surface area contributed by atoms with Gasteiger partial charge in [-0.15, -0.1) is 0 Å². The van der Waals surface area contributed by atoms with Gasteiger partial charge in [0.15, 0.2) is 6.73 Å². The molecule has 0 atom stereocenters. The molecule has 0 aliphatic carbocycles. The van der Waals surface area contributed by atoms with E-state index < -0.39 is 5.63 Å². The topological polar surface area (TPSA) is 68.7 Å². The van der Waals surface area contributed by atoms with Crippen LogP contribution >= 0.6 is 0 Å². The third-order valence-electron chi connectivity index (χ3n) is 3.54. The van der Waals surface area contributed by atoms with Crippen LogP contribution in [0.15, 0.2) is 57.7 Å². The molecule has 21 heavy (non-hydrogen) atoms. The van der Waals surface area contributed by atoms with Crippen molar-refractivity contribution in [3.8, 4) is 5.75 Å². The third kappa shape index (κ3) is 1.82. The van der Waals surface area contributed by atoms with Gasteiger partial charge >= 0.3 is 5.63 Å². The molecule has 0 saturated heterocycles. The summed E-state index contributed by atoms with van der Waals surface area (Å²) < 4.78 is 10.9. The van der Waals surface area contributed by atoms with Crippen molar-refractivity contribution in [2.75, 3.05) is 17.4 Å². The van der Waals surface area contributed by atoms with E-state index in [4.69, 9.17) is 14.9 Å². The van der Waals surface area contributed by atoms with E-state index in [0.29, 0.717) is 23.7 Å². The number of nitrogen functional groups attached to an aromatic ring is 1. The molecular formula is C16H12N2O3. The van der Waals surface area contributed by atoms with Gasteiger partial charge in [0.1, 0.15) is 17.0 Å². The van der Waals surface area contributed by atoms with Crippen molar-refractivity contribution >= 4 is 28.0 Å². The molecule has 0 amide bonds. The summed E-state index contributed by atoms with van der Waals surface area (Å²) in [5.74, 6) is 0.759. The van der Waals surface area contributed by atoms with Crippen molar-refractivity contribution in [3.05, 3.63) is 59.0 Å². The fraction of sp³-hybridized carbons (Fsp3) is 0.0625. The minimum atomic E-state index is -0.409. The number of ether oxygens (including phenoxy) is 1. The fourth-order valence-corrected chi connectivity index (χ4v) is 2.51. The second-order valence-corrected chi connectivity index (χ2v) is 4.89. The molecular weight excluding hydrogens is 268 g/mol. The first kappa shape index (κ1) is 11.8. The molecule has 5 nitrogen and oxygen atoms in total. The molecule has 3 aromatic rings. The number of nitrogens with zero attached hydrogens (tertiary/aromatic N) is 1. The first-order valence-corrected chi connectivity index (χ1v) is 6.55. The highest BCUT2D eigenvalue weighted by Gasteiger charge is 2.24. The quantitative estimate of drug-likeness (QED) is 0.548. The van der Waals surface area contributed by atoms with Crippen molar-refractivity contribution in [2.24, 2.45) is 0 Å². The number of fused-ring (bicyclic) bond motifs is 2. The van der Waals surface area contributed by atoms with E-state index in [1.165, 1.54) is 0 Å². The van der Waals surface area contributed by atoms with Gasteiger partial charge in [-0.05, 0) is 30.3 Å². The molecule has 4 rings (SSSR count). The Morgan fingerprint density at radius 2 is 1.90 bits per heavy atom. The van der Waals surface area contributed by atoms with E-state index in [1.54, 1.807) is 23.1 Å². The lowest BCUT2D eigenvalue weighted by Crippen LogP contribution is -2.21. The van der Waals surface area contributed by atoms with E-state index >= 15 is 0 Å². The summed E-state index contributed by atoms with van der Waals surface area (Å²) >= 11 is 0. The summed E-state index contributed by atoms with van der Waals surface area (Å²) in [6.07, 6.45) is 0. The summed E-state index contributed by atoms with van der Waals surface area (Å²) in [4.78, 5) is 14.0. The number of hydrogen-bond acceptors (Lipinski definition) is 5. The van der Waals surface area contributed by atoms with Crippen LogP contribution in [0.1, 0.15) is 0 Å². The summed E-state index contributed by atoms with van der Waals surface area (Å²) in [5.41, 5.74) is 7.66. The van der Waals surface area contributed by atoms with Crippen molar-refractivity contribution in [1.29, 1.82) is 0 Å². The normalized spacial score (nSPS) is 13.2. The smallest absolute Gasteiger partial charge is 0.360 e. The Balaban J connectivity index is 1.90. The van der Waals surface area contributed by atoms with E-state index in [0.717, 1.165) is 16.8 Å². The molecule has 0 saturated carbocycles. The molecule has 2 heterocycles. The van der Waals surface area contributed by atoms with Crippen LogP contribution in [0.25, 0.3) is 11.0 Å². The zero-order chi connectivity index (χ0) is 14.4. The molecule has 0 unspecified atom stereocenters. The van der Waals surface area contributed by atoms with Gasteiger partial charge in [0.25, 0.3) is 0 Å². The van der Waals surface area contributed by atoms with Crippen molar-refractivity contribution < 1.29 is 9.15 Å². The minimum absolute atomic E-state index is 0.296. The first-order valence-electron chi connectivity index (χ1n) is 6.55. The van der Waals surface area contributed by atoms with Crippen LogP contribution < -0.4 is 21.0 Å². The van der Waals surface area contributed by atoms with Gasteiger partial charge in [-0.2, -0.15) is 0 Å². The van der Waals surface area contributed by atoms with Crippen LogP contribution in [0.4, 0.5) is 17.1 Å². The lowest BCUT2D eigenvalue weighted by atomic mass is 10.2. The van der Waals surface area contributed by atoms with Gasteiger partial charge in [0, 0.05) is 17.1 Å². The van der Waals surface area contributed by atoms with Crippen molar-refractivity contribution in [3.63, 3.8) is 0 Å². The van der Waals surface area contributed by atoms with Crippen LogP contribution in [0, 0.1) is 0 Å². The Hall–Kier alpha value is -2.95. The lowest BCUT2D eigenvalue weighted by molar-refractivity contribution is 0.356. The maximum absolute atomic E-state index is 12.2. The maximum Gasteiger partial charge on any atom is 0.360 e. The van der Waals surface area contributed by atoms with Crippen LogP contribution in [0.3, 0.4) is 0 Å². The summed E-state index contributed by atoms with van der Waals surface area (Å²) in [6.45, 7) is 0.296. The number of hydrogen-bond donors (Lipinski definition) is 1. The van der Waals surface area contributed by atoms with Gasteiger partial charge in [0.05, 0.1) is 5.69 Å². The zero-order valence-electron chi connectivity index (χ0n) is 11.1. The van der Waals surface area contributed by atoms with E-state index in [2.05, 4.69) is 0 Å². The number of anilines is 3. The SMILES string of the molecule is Nc1ccc2cc(N3COc4ccccc43)c(=O)oc2c1. The molecule has 0 bridgehead atoms. The van der Waals surface area contributed by atoms with Gasteiger partial charge in [-0.3, -0.25) is 4.90 Å². The van der Waals surface area contributed by atoms with E-state index in [1.807, 2.05) is 30.3 Å². The van der Waals surface area contributed by atoms with Crippen LogP contribution in [-0.2, 0) is 0 Å². The number of benzene rings is 2. The first-order chi connectivity index (χ1) is 10.2. The van der Waals surface area contributed by atoms with Gasteiger partial charge < -0.3 is 14.9 Å². The highest BCUT2D eigenvalue weighted by molar-refractivity contribution is 5.84. The highest BCUT2D eigenvalue weighted by Crippen LogP contribution is 2.37. The maximum atomic E-state index is 12.2. The third-order valence-corrected chi connectivity index (χ3v) is 3.54. The van der Waals surface area contributed by atoms with Crippen LogP contribution in [-0.4, -0.2) is 6.73 Å². The van der Waals surface area contributed by atoms with E-state index in [9.17, 15) is 4.79 Å². The zero-order valence-corrected chi connectivity index (χ0v) is 11.1. The number of para-hydroxylation sites is 2. The largest absolute Gasteiger partial charge is 0.471 e.